The predicted molar refractivity (Wildman–Crippen MR) is 432 cm³/mol. The van der Waals surface area contributed by atoms with Gasteiger partial charge in [-0.05, 0) is 25.7 Å². The van der Waals surface area contributed by atoms with Gasteiger partial charge in [-0.3, -0.25) is 37.3 Å². The normalized spacial score (nSPS) is 13.7. The highest BCUT2D eigenvalue weighted by Gasteiger charge is 2.30. The minimum Gasteiger partial charge on any atom is -0.462 e. The zero-order valence-corrected chi connectivity index (χ0v) is 70.5. The quantitative estimate of drug-likeness (QED) is 0.0222. The van der Waals surface area contributed by atoms with Crippen LogP contribution < -0.4 is 0 Å². The molecule has 3 N–H and O–H groups in total. The van der Waals surface area contributed by atoms with Crippen LogP contribution in [0.15, 0.2) is 0 Å². The van der Waals surface area contributed by atoms with Gasteiger partial charge in [-0.25, -0.2) is 9.13 Å². The van der Waals surface area contributed by atoms with E-state index in [0.29, 0.717) is 25.7 Å². The molecule has 0 aliphatic rings. The zero-order valence-electron chi connectivity index (χ0n) is 68.7. The molecule has 0 aromatic rings. The van der Waals surface area contributed by atoms with E-state index in [-0.39, 0.29) is 25.7 Å². The van der Waals surface area contributed by atoms with Crippen LogP contribution in [0.2, 0.25) is 0 Å². The van der Waals surface area contributed by atoms with Gasteiger partial charge in [0.25, 0.3) is 0 Å². The number of carbonyl (C=O) groups is 4. The second-order valence-electron chi connectivity index (χ2n) is 30.9. The second-order valence-corrected chi connectivity index (χ2v) is 33.8. The summed E-state index contributed by atoms with van der Waals surface area (Å²) in [6, 6.07) is 0. The molecular formula is C86H168O17P2. The highest BCUT2D eigenvalue weighted by Crippen LogP contribution is 2.45. The molecule has 0 saturated heterocycles. The van der Waals surface area contributed by atoms with Crippen LogP contribution in [-0.4, -0.2) is 96.7 Å². The highest BCUT2D eigenvalue weighted by molar-refractivity contribution is 7.47. The van der Waals surface area contributed by atoms with Crippen LogP contribution in [0.1, 0.15) is 471 Å². The predicted octanol–water partition coefficient (Wildman–Crippen LogP) is 26.5. The Balaban J connectivity index is 5.25. The highest BCUT2D eigenvalue weighted by atomic mass is 31.2. The summed E-state index contributed by atoms with van der Waals surface area (Å²) < 4.78 is 68.9. The Morgan fingerprint density at radius 2 is 0.381 bits per heavy atom. The molecule has 19 heteroatoms. The SMILES string of the molecule is CCCCCCCCCCCCCCCCCCCCCCC(=O)O[C@H](COC(=O)CCCCCCCCCCCCCCCCCCCC)COP(=O)(O)OC[C@@H](O)COP(=O)(O)OC[C@@H](COC(=O)CCCCCCCCCCCCCCC)OC(=O)CCCCCCCCCCCCCCCC. The molecular weight excluding hydrogens is 1370 g/mol. The zero-order chi connectivity index (χ0) is 76.7. The number of rotatable bonds is 87. The summed E-state index contributed by atoms with van der Waals surface area (Å²) in [5.41, 5.74) is 0. The van der Waals surface area contributed by atoms with Crippen LogP contribution in [0, 0.1) is 0 Å². The summed E-state index contributed by atoms with van der Waals surface area (Å²) in [4.78, 5) is 73.3. The lowest BCUT2D eigenvalue weighted by Gasteiger charge is -2.21. The van der Waals surface area contributed by atoms with Gasteiger partial charge in [-0.15, -0.1) is 0 Å². The molecule has 0 aliphatic carbocycles. The summed E-state index contributed by atoms with van der Waals surface area (Å²) in [6.45, 7) is 5.07. The summed E-state index contributed by atoms with van der Waals surface area (Å²) in [6.07, 6.45) is 74.9. The van der Waals surface area contributed by atoms with E-state index in [1.54, 1.807) is 0 Å². The van der Waals surface area contributed by atoms with Crippen molar-refractivity contribution in [1.29, 1.82) is 0 Å². The van der Waals surface area contributed by atoms with E-state index in [2.05, 4.69) is 27.7 Å². The van der Waals surface area contributed by atoms with E-state index in [1.807, 2.05) is 0 Å². The number of esters is 4. The lowest BCUT2D eigenvalue weighted by atomic mass is 10.0. The smallest absolute Gasteiger partial charge is 0.462 e. The fraction of sp³-hybridized carbons (Fsp3) is 0.953. The monoisotopic (exact) mass is 1540 g/mol. The Kier molecular flexibility index (Phi) is 78.6. The van der Waals surface area contributed by atoms with Crippen molar-refractivity contribution < 1.29 is 80.2 Å². The Morgan fingerprint density at radius 3 is 0.562 bits per heavy atom. The molecule has 0 heterocycles. The van der Waals surface area contributed by atoms with E-state index in [0.717, 1.165) is 89.9 Å². The van der Waals surface area contributed by atoms with Gasteiger partial charge in [0.2, 0.25) is 0 Å². The van der Waals surface area contributed by atoms with Crippen molar-refractivity contribution in [2.24, 2.45) is 0 Å². The maximum absolute atomic E-state index is 13.2. The molecule has 0 amide bonds. The summed E-state index contributed by atoms with van der Waals surface area (Å²) in [5.74, 6) is -2.09. The van der Waals surface area contributed by atoms with Gasteiger partial charge in [0.1, 0.15) is 19.3 Å². The largest absolute Gasteiger partial charge is 0.472 e. The average molecular weight is 1540 g/mol. The lowest BCUT2D eigenvalue weighted by molar-refractivity contribution is -0.161. The van der Waals surface area contributed by atoms with Crippen molar-refractivity contribution in [2.75, 3.05) is 39.6 Å². The molecule has 0 spiro atoms. The lowest BCUT2D eigenvalue weighted by Crippen LogP contribution is -2.30. The summed E-state index contributed by atoms with van der Waals surface area (Å²) >= 11 is 0. The van der Waals surface area contributed by atoms with Crippen LogP contribution >= 0.6 is 15.6 Å². The molecule has 0 rings (SSSR count). The molecule has 2 unspecified atom stereocenters. The van der Waals surface area contributed by atoms with Crippen molar-refractivity contribution in [3.63, 3.8) is 0 Å². The topological polar surface area (TPSA) is 237 Å². The molecule has 5 atom stereocenters. The van der Waals surface area contributed by atoms with Crippen LogP contribution in [0.25, 0.3) is 0 Å². The van der Waals surface area contributed by atoms with E-state index in [4.69, 9.17) is 37.0 Å². The van der Waals surface area contributed by atoms with E-state index < -0.39 is 97.5 Å². The minimum absolute atomic E-state index is 0.109. The number of phosphoric ester groups is 2. The number of hydrogen-bond acceptors (Lipinski definition) is 15. The first-order valence-corrected chi connectivity index (χ1v) is 47.8. The number of carbonyl (C=O) groups excluding carboxylic acids is 4. The first-order chi connectivity index (χ1) is 51.2. The Hall–Kier alpha value is -1.94. The molecule has 0 fully saturated rings. The number of unbranched alkanes of at least 4 members (excludes halogenated alkanes) is 61. The van der Waals surface area contributed by atoms with Gasteiger partial charge in [0.15, 0.2) is 12.2 Å². The van der Waals surface area contributed by atoms with Crippen molar-refractivity contribution in [3.05, 3.63) is 0 Å². The number of hydrogen-bond donors (Lipinski definition) is 3. The fourth-order valence-corrected chi connectivity index (χ4v) is 15.1. The maximum Gasteiger partial charge on any atom is 0.472 e. The van der Waals surface area contributed by atoms with Crippen LogP contribution in [0.5, 0.6) is 0 Å². The van der Waals surface area contributed by atoms with Gasteiger partial charge in [0, 0.05) is 25.7 Å². The molecule has 105 heavy (non-hydrogen) atoms. The van der Waals surface area contributed by atoms with Gasteiger partial charge in [-0.1, -0.05) is 419 Å². The van der Waals surface area contributed by atoms with Gasteiger partial charge >= 0.3 is 39.5 Å². The molecule has 0 aromatic heterocycles. The first-order valence-electron chi connectivity index (χ1n) is 44.8. The van der Waals surface area contributed by atoms with Crippen LogP contribution in [0.3, 0.4) is 0 Å². The second kappa shape index (κ2) is 80.1. The molecule has 624 valence electrons. The first kappa shape index (κ1) is 103. The number of aliphatic hydroxyl groups is 1. The molecule has 0 bridgehead atoms. The standard InChI is InChI=1S/C86H168O17P2/c1-5-9-13-17-21-25-29-33-36-38-40-41-43-45-49-53-57-61-65-69-73-86(91)103-82(77-97-84(89)71-67-63-59-55-51-48-44-42-39-37-34-30-26-22-18-14-10-6-2)79-101-105(94,95)99-75-80(87)74-98-104(92,93)100-78-81(76-96-83(88)70-66-62-58-54-50-46-32-28-24-20-16-12-8-4)102-85(90)72-68-64-60-56-52-47-35-31-27-23-19-15-11-7-3/h80-82,87H,5-79H2,1-4H3,(H,92,93)(H,94,95)/t80-,81+,82+/m0/s1. The van der Waals surface area contributed by atoms with Crippen molar-refractivity contribution in [1.82, 2.24) is 0 Å². The van der Waals surface area contributed by atoms with Gasteiger partial charge < -0.3 is 33.8 Å². The minimum atomic E-state index is -4.96. The van der Waals surface area contributed by atoms with E-state index in [9.17, 15) is 43.2 Å². The number of ether oxygens (including phenoxy) is 4. The molecule has 0 aliphatic heterocycles. The third kappa shape index (κ3) is 79.9. The van der Waals surface area contributed by atoms with E-state index in [1.165, 1.54) is 302 Å². The summed E-state index contributed by atoms with van der Waals surface area (Å²) in [5, 5.41) is 10.7. The Morgan fingerprint density at radius 1 is 0.229 bits per heavy atom. The fourth-order valence-electron chi connectivity index (χ4n) is 13.5. The average Bonchev–Trinajstić information content (AvgIpc) is 0.954. The number of aliphatic hydroxyl groups excluding tert-OH is 1. The third-order valence-electron chi connectivity index (χ3n) is 20.4. The Bertz CT molecular complexity index is 1980. The van der Waals surface area contributed by atoms with Gasteiger partial charge in [-0.2, -0.15) is 0 Å². The molecule has 17 nitrogen and oxygen atoms in total. The number of phosphoric acid groups is 2. The van der Waals surface area contributed by atoms with E-state index >= 15 is 0 Å². The molecule has 0 saturated carbocycles. The van der Waals surface area contributed by atoms with Crippen molar-refractivity contribution >= 4 is 39.5 Å². The summed E-state index contributed by atoms with van der Waals surface area (Å²) in [7, 11) is -9.93. The van der Waals surface area contributed by atoms with Crippen LogP contribution in [0.4, 0.5) is 0 Å². The van der Waals surface area contributed by atoms with Crippen molar-refractivity contribution in [3.8, 4) is 0 Å². The van der Waals surface area contributed by atoms with Crippen LogP contribution in [-0.2, 0) is 65.4 Å². The third-order valence-corrected chi connectivity index (χ3v) is 22.3. The molecule has 0 aromatic carbocycles. The molecule has 0 radical (unpaired) electrons. The maximum atomic E-state index is 13.2. The van der Waals surface area contributed by atoms with Crippen molar-refractivity contribution in [2.45, 2.75) is 489 Å². The van der Waals surface area contributed by atoms with Gasteiger partial charge in [0.05, 0.1) is 26.4 Å². The Labute approximate surface area is 645 Å².